The maximum atomic E-state index is 11.3. The molecule has 82 valence electrons. The fourth-order valence-corrected chi connectivity index (χ4v) is 1.17. The van der Waals surface area contributed by atoms with Gasteiger partial charge in [0, 0.05) is 6.42 Å². The fourth-order valence-electron chi connectivity index (χ4n) is 1.17. The van der Waals surface area contributed by atoms with E-state index in [4.69, 9.17) is 5.73 Å². The van der Waals surface area contributed by atoms with Gasteiger partial charge in [-0.15, -0.1) is 0 Å². The molecule has 0 saturated heterocycles. The second-order valence-corrected chi connectivity index (χ2v) is 3.04. The molecular weight excluding hydrogens is 200 g/mol. The second kappa shape index (κ2) is 5.20. The third-order valence-corrected chi connectivity index (χ3v) is 1.86. The standard InChI is InChI=1S/C8H12N4O3/c9-3-1-2-7(13)6-11-5-4-10-8(11)12(14)15/h4-5H,1-3,6,9H2. The van der Waals surface area contributed by atoms with Gasteiger partial charge in [0.1, 0.15) is 18.9 Å². The van der Waals surface area contributed by atoms with Crippen LogP contribution in [0.4, 0.5) is 5.95 Å². The quantitative estimate of drug-likeness (QED) is 0.532. The third-order valence-electron chi connectivity index (χ3n) is 1.86. The largest absolute Gasteiger partial charge is 0.434 e. The molecule has 1 aromatic heterocycles. The van der Waals surface area contributed by atoms with Crippen molar-refractivity contribution in [3.05, 3.63) is 22.5 Å². The number of imidazole rings is 1. The Hall–Kier alpha value is -1.76. The molecule has 0 radical (unpaired) electrons. The molecule has 0 spiro atoms. The summed E-state index contributed by atoms with van der Waals surface area (Å²) in [5.41, 5.74) is 5.25. The SMILES string of the molecule is NCCCC(=O)Cn1ccnc1[N+](=O)[O-]. The van der Waals surface area contributed by atoms with E-state index in [0.717, 1.165) is 0 Å². The van der Waals surface area contributed by atoms with E-state index in [2.05, 4.69) is 4.98 Å². The van der Waals surface area contributed by atoms with E-state index >= 15 is 0 Å². The van der Waals surface area contributed by atoms with Crippen LogP contribution in [0.1, 0.15) is 12.8 Å². The number of carbonyl (C=O) groups is 1. The molecular formula is C8H12N4O3. The van der Waals surface area contributed by atoms with Gasteiger partial charge in [-0.3, -0.25) is 4.79 Å². The Morgan fingerprint density at radius 3 is 3.00 bits per heavy atom. The van der Waals surface area contributed by atoms with Crippen molar-refractivity contribution in [1.82, 2.24) is 9.55 Å². The van der Waals surface area contributed by atoms with Crippen molar-refractivity contribution in [3.63, 3.8) is 0 Å². The molecule has 0 aromatic carbocycles. The van der Waals surface area contributed by atoms with Crippen molar-refractivity contribution < 1.29 is 9.72 Å². The summed E-state index contributed by atoms with van der Waals surface area (Å²) in [6, 6.07) is 0. The van der Waals surface area contributed by atoms with Crippen molar-refractivity contribution in [2.45, 2.75) is 19.4 Å². The smallest absolute Gasteiger partial charge is 0.390 e. The van der Waals surface area contributed by atoms with Crippen molar-refractivity contribution in [2.24, 2.45) is 5.73 Å². The molecule has 2 N–H and O–H groups in total. The minimum Gasteiger partial charge on any atom is -0.390 e. The molecule has 0 aliphatic heterocycles. The van der Waals surface area contributed by atoms with E-state index in [9.17, 15) is 14.9 Å². The predicted octanol–water partition coefficient (Wildman–Crippen LogP) is 0.0993. The zero-order chi connectivity index (χ0) is 11.3. The van der Waals surface area contributed by atoms with Gasteiger partial charge in [0.05, 0.1) is 0 Å². The molecule has 0 atom stereocenters. The van der Waals surface area contributed by atoms with Crippen LogP contribution >= 0.6 is 0 Å². The summed E-state index contributed by atoms with van der Waals surface area (Å²) in [4.78, 5) is 24.7. The molecule has 7 nitrogen and oxygen atoms in total. The molecule has 0 saturated carbocycles. The molecule has 0 unspecified atom stereocenters. The van der Waals surface area contributed by atoms with Crippen LogP contribution in [0.3, 0.4) is 0 Å². The van der Waals surface area contributed by atoms with Crippen LogP contribution < -0.4 is 5.73 Å². The van der Waals surface area contributed by atoms with Crippen molar-refractivity contribution in [2.75, 3.05) is 6.54 Å². The lowest BCUT2D eigenvalue weighted by atomic mass is 10.2. The average Bonchev–Trinajstić information content (AvgIpc) is 2.62. The van der Waals surface area contributed by atoms with Crippen LogP contribution in [0.5, 0.6) is 0 Å². The molecule has 1 rings (SSSR count). The van der Waals surface area contributed by atoms with Crippen LogP contribution in [-0.4, -0.2) is 26.8 Å². The van der Waals surface area contributed by atoms with Crippen molar-refractivity contribution in [1.29, 1.82) is 0 Å². The Morgan fingerprint density at radius 1 is 1.67 bits per heavy atom. The van der Waals surface area contributed by atoms with Crippen LogP contribution in [0, 0.1) is 10.1 Å². The number of nitrogens with zero attached hydrogens (tertiary/aromatic N) is 3. The molecule has 0 aliphatic rings. The summed E-state index contributed by atoms with van der Waals surface area (Å²) in [7, 11) is 0. The normalized spacial score (nSPS) is 10.2. The van der Waals surface area contributed by atoms with Crippen LogP contribution in [0.2, 0.25) is 0 Å². The Kier molecular flexibility index (Phi) is 3.92. The van der Waals surface area contributed by atoms with Gasteiger partial charge in [-0.2, -0.15) is 0 Å². The molecule has 0 amide bonds. The first-order chi connectivity index (χ1) is 7.15. The van der Waals surface area contributed by atoms with E-state index in [0.29, 0.717) is 19.4 Å². The van der Waals surface area contributed by atoms with E-state index in [1.165, 1.54) is 17.0 Å². The molecule has 15 heavy (non-hydrogen) atoms. The first-order valence-electron chi connectivity index (χ1n) is 4.52. The molecule has 7 heteroatoms. The summed E-state index contributed by atoms with van der Waals surface area (Å²) < 4.78 is 1.22. The molecule has 0 bridgehead atoms. The van der Waals surface area contributed by atoms with Gasteiger partial charge in [-0.05, 0) is 17.9 Å². The first-order valence-corrected chi connectivity index (χ1v) is 4.52. The lowest BCUT2D eigenvalue weighted by molar-refractivity contribution is -0.396. The van der Waals surface area contributed by atoms with Gasteiger partial charge in [-0.1, -0.05) is 4.98 Å². The number of hydrogen-bond acceptors (Lipinski definition) is 5. The van der Waals surface area contributed by atoms with Crippen LogP contribution in [0.15, 0.2) is 12.4 Å². The highest BCUT2D eigenvalue weighted by Gasteiger charge is 2.16. The molecule has 1 aromatic rings. The summed E-state index contributed by atoms with van der Waals surface area (Å²) in [5, 5.41) is 10.5. The van der Waals surface area contributed by atoms with Gasteiger partial charge < -0.3 is 15.8 Å². The summed E-state index contributed by atoms with van der Waals surface area (Å²) in [5.74, 6) is -0.391. The monoisotopic (exact) mass is 212 g/mol. The van der Waals surface area contributed by atoms with E-state index in [1.807, 2.05) is 0 Å². The van der Waals surface area contributed by atoms with Crippen molar-refractivity contribution >= 4 is 11.7 Å². The lowest BCUT2D eigenvalue weighted by Crippen LogP contribution is -2.13. The van der Waals surface area contributed by atoms with Gasteiger partial charge in [-0.25, -0.2) is 4.57 Å². The number of carbonyl (C=O) groups excluding carboxylic acids is 1. The Balaban J connectivity index is 2.60. The van der Waals surface area contributed by atoms with E-state index < -0.39 is 4.92 Å². The molecule has 0 fully saturated rings. The van der Waals surface area contributed by atoms with E-state index in [1.54, 1.807) is 0 Å². The first kappa shape index (κ1) is 11.3. The minimum atomic E-state index is -0.615. The van der Waals surface area contributed by atoms with Crippen molar-refractivity contribution in [3.8, 4) is 0 Å². The number of nitrogens with two attached hydrogens (primary N) is 1. The van der Waals surface area contributed by atoms with Gasteiger partial charge in [0.2, 0.25) is 0 Å². The Bertz CT molecular complexity index is 361. The second-order valence-electron chi connectivity index (χ2n) is 3.04. The Labute approximate surface area is 86.0 Å². The number of hydrogen-bond donors (Lipinski definition) is 1. The summed E-state index contributed by atoms with van der Waals surface area (Å²) in [6.07, 6.45) is 3.65. The summed E-state index contributed by atoms with van der Waals surface area (Å²) in [6.45, 7) is 0.425. The highest BCUT2D eigenvalue weighted by molar-refractivity contribution is 5.78. The molecule has 1 heterocycles. The third kappa shape index (κ3) is 3.13. The van der Waals surface area contributed by atoms with E-state index in [-0.39, 0.29) is 18.3 Å². The highest BCUT2D eigenvalue weighted by atomic mass is 16.6. The fraction of sp³-hybridized carbons (Fsp3) is 0.500. The minimum absolute atomic E-state index is 0.0175. The zero-order valence-corrected chi connectivity index (χ0v) is 8.13. The van der Waals surface area contributed by atoms with Gasteiger partial charge >= 0.3 is 5.95 Å². The number of Topliss-reactive ketones (excluding diaryl/α,β-unsaturated/α-hetero) is 1. The lowest BCUT2D eigenvalue weighted by Gasteiger charge is -2.00. The maximum absolute atomic E-state index is 11.3. The molecule has 0 aliphatic carbocycles. The van der Waals surface area contributed by atoms with Crippen LogP contribution in [-0.2, 0) is 11.3 Å². The Morgan fingerprint density at radius 2 is 2.40 bits per heavy atom. The number of nitro groups is 1. The topological polar surface area (TPSA) is 104 Å². The van der Waals surface area contributed by atoms with Gasteiger partial charge in [0.15, 0.2) is 5.78 Å². The number of rotatable bonds is 6. The highest BCUT2D eigenvalue weighted by Crippen LogP contribution is 2.07. The summed E-state index contributed by atoms with van der Waals surface area (Å²) >= 11 is 0. The van der Waals surface area contributed by atoms with Crippen LogP contribution in [0.25, 0.3) is 0 Å². The zero-order valence-electron chi connectivity index (χ0n) is 8.13. The number of aromatic nitrogens is 2. The maximum Gasteiger partial charge on any atom is 0.434 e. The predicted molar refractivity (Wildman–Crippen MR) is 52.2 cm³/mol. The number of ketones is 1. The van der Waals surface area contributed by atoms with Gasteiger partial charge in [0.25, 0.3) is 0 Å². The average molecular weight is 212 g/mol.